The summed E-state index contributed by atoms with van der Waals surface area (Å²) in [4.78, 5) is 4.22. The molecule has 0 saturated carbocycles. The van der Waals surface area contributed by atoms with Crippen molar-refractivity contribution in [3.05, 3.63) is 163 Å². The summed E-state index contributed by atoms with van der Waals surface area (Å²) in [6.45, 7) is 0. The van der Waals surface area contributed by atoms with Gasteiger partial charge in [-0.25, -0.2) is 0 Å². The second-order valence-electron chi connectivity index (χ2n) is 11.9. The minimum atomic E-state index is 0.601. The van der Waals surface area contributed by atoms with Crippen molar-refractivity contribution in [2.45, 2.75) is 0 Å². The molecule has 0 aliphatic heterocycles. The molecule has 0 saturated heterocycles. The third-order valence-electron chi connectivity index (χ3n) is 9.29. The van der Waals surface area contributed by atoms with E-state index in [1.165, 1.54) is 10.8 Å². The van der Waals surface area contributed by atoms with Crippen LogP contribution < -0.4 is 0 Å². The van der Waals surface area contributed by atoms with Crippen LogP contribution in [0.1, 0.15) is 11.1 Å². The minimum Gasteiger partial charge on any atom is -0.309 e. The fourth-order valence-corrected chi connectivity index (χ4v) is 7.18. The second-order valence-corrected chi connectivity index (χ2v) is 11.9. The quantitative estimate of drug-likeness (QED) is 0.199. The van der Waals surface area contributed by atoms with Gasteiger partial charge < -0.3 is 9.13 Å². The average molecular weight is 612 g/mol. The van der Waals surface area contributed by atoms with E-state index in [9.17, 15) is 10.5 Å². The summed E-state index contributed by atoms with van der Waals surface area (Å²) in [5, 5.41) is 24.4. The molecule has 0 aliphatic rings. The molecule has 0 radical (unpaired) electrons. The van der Waals surface area contributed by atoms with Crippen LogP contribution >= 0.6 is 0 Å². The number of benzene rings is 6. The van der Waals surface area contributed by atoms with Crippen molar-refractivity contribution in [3.63, 3.8) is 0 Å². The molecule has 0 aliphatic carbocycles. The van der Waals surface area contributed by atoms with Crippen molar-refractivity contribution >= 4 is 43.6 Å². The van der Waals surface area contributed by atoms with Gasteiger partial charge in [-0.1, -0.05) is 60.7 Å². The Morgan fingerprint density at radius 3 is 1.40 bits per heavy atom. The number of pyridine rings is 1. The van der Waals surface area contributed by atoms with E-state index in [-0.39, 0.29) is 0 Å². The number of aromatic nitrogens is 3. The highest BCUT2D eigenvalue weighted by molar-refractivity contribution is 6.12. The van der Waals surface area contributed by atoms with Crippen LogP contribution in [0.3, 0.4) is 0 Å². The number of para-hydroxylation sites is 3. The highest BCUT2D eigenvalue weighted by Gasteiger charge is 2.20. The standard InChI is InChI=1S/C43H25N5/c44-26-28-13-16-41(35(23-28)30-19-21-46-22-20-30)48-40-12-6-3-9-34(40)37-25-31(15-18-43(37)48)36-24-29(27-45)14-17-42(36)47-38-10-4-1-7-32(38)33-8-2-5-11-39(33)47/h1-25H. The zero-order valence-electron chi connectivity index (χ0n) is 25.7. The Morgan fingerprint density at radius 2 is 0.875 bits per heavy atom. The SMILES string of the molecule is N#Cc1ccc(-n2c3ccccc3c3ccccc32)c(-c2ccc3c(c2)c2ccccc2n3-c2ccc(C#N)cc2-c2ccncc2)c1. The van der Waals surface area contributed by atoms with Crippen LogP contribution in [-0.4, -0.2) is 14.1 Å². The third-order valence-corrected chi connectivity index (χ3v) is 9.29. The molecule has 6 aromatic carbocycles. The van der Waals surface area contributed by atoms with E-state index in [1.807, 2.05) is 42.5 Å². The Balaban J connectivity index is 1.32. The Hall–Kier alpha value is -6.95. The molecule has 0 N–H and O–H groups in total. The van der Waals surface area contributed by atoms with Gasteiger partial charge in [-0.15, -0.1) is 0 Å². The first kappa shape index (κ1) is 27.4. The van der Waals surface area contributed by atoms with Crippen molar-refractivity contribution in [3.8, 4) is 45.8 Å². The van der Waals surface area contributed by atoms with Crippen LogP contribution in [0.2, 0.25) is 0 Å². The maximum absolute atomic E-state index is 9.99. The summed E-state index contributed by atoms with van der Waals surface area (Å²) < 4.78 is 4.59. The molecule has 9 rings (SSSR count). The van der Waals surface area contributed by atoms with Crippen molar-refractivity contribution in [1.82, 2.24) is 14.1 Å². The van der Waals surface area contributed by atoms with Gasteiger partial charge in [0.2, 0.25) is 0 Å². The Labute approximate surface area is 276 Å². The van der Waals surface area contributed by atoms with E-state index in [2.05, 4.69) is 123 Å². The predicted molar refractivity (Wildman–Crippen MR) is 193 cm³/mol. The smallest absolute Gasteiger partial charge is 0.0991 e. The van der Waals surface area contributed by atoms with Crippen LogP contribution in [0.5, 0.6) is 0 Å². The van der Waals surface area contributed by atoms with Crippen molar-refractivity contribution in [1.29, 1.82) is 10.5 Å². The fraction of sp³-hybridized carbons (Fsp3) is 0. The summed E-state index contributed by atoms with van der Waals surface area (Å²) in [7, 11) is 0. The molecule has 3 aromatic heterocycles. The zero-order chi connectivity index (χ0) is 32.2. The number of fused-ring (bicyclic) bond motifs is 6. The first-order valence-corrected chi connectivity index (χ1v) is 15.7. The molecule has 0 atom stereocenters. The molecule has 0 fully saturated rings. The van der Waals surface area contributed by atoms with Gasteiger partial charge in [0.15, 0.2) is 0 Å². The summed E-state index contributed by atoms with van der Waals surface area (Å²) >= 11 is 0. The highest BCUT2D eigenvalue weighted by Crippen LogP contribution is 2.41. The predicted octanol–water partition coefficient (Wildman–Crippen LogP) is 10.4. The molecule has 5 heteroatoms. The van der Waals surface area contributed by atoms with Gasteiger partial charge in [0.05, 0.1) is 56.7 Å². The lowest BCUT2D eigenvalue weighted by Gasteiger charge is -2.16. The van der Waals surface area contributed by atoms with Gasteiger partial charge in [-0.05, 0) is 90.0 Å². The van der Waals surface area contributed by atoms with Crippen molar-refractivity contribution < 1.29 is 0 Å². The van der Waals surface area contributed by atoms with Crippen LogP contribution in [0.4, 0.5) is 0 Å². The molecule has 0 bridgehead atoms. The molecule has 48 heavy (non-hydrogen) atoms. The molecule has 0 amide bonds. The number of hydrogen-bond donors (Lipinski definition) is 0. The van der Waals surface area contributed by atoms with E-state index in [0.717, 1.165) is 66.5 Å². The molecule has 0 unspecified atom stereocenters. The average Bonchev–Trinajstić information content (AvgIpc) is 3.67. The first-order chi connectivity index (χ1) is 23.7. The van der Waals surface area contributed by atoms with E-state index in [0.29, 0.717) is 11.1 Å². The molecule has 0 spiro atoms. The highest BCUT2D eigenvalue weighted by atomic mass is 15.0. The van der Waals surface area contributed by atoms with Gasteiger partial charge in [0.25, 0.3) is 0 Å². The van der Waals surface area contributed by atoms with E-state index in [4.69, 9.17) is 0 Å². The normalized spacial score (nSPS) is 11.3. The lowest BCUT2D eigenvalue weighted by molar-refractivity contribution is 1.17. The molecule has 9 aromatic rings. The summed E-state index contributed by atoms with van der Waals surface area (Å²) in [6, 6.07) is 52.4. The Bertz CT molecular complexity index is 2750. The van der Waals surface area contributed by atoms with Gasteiger partial charge in [0.1, 0.15) is 0 Å². The maximum atomic E-state index is 9.99. The topological polar surface area (TPSA) is 70.3 Å². The largest absolute Gasteiger partial charge is 0.309 e. The van der Waals surface area contributed by atoms with Crippen molar-refractivity contribution in [2.75, 3.05) is 0 Å². The Kier molecular flexibility index (Phi) is 6.18. The van der Waals surface area contributed by atoms with Gasteiger partial charge in [-0.2, -0.15) is 10.5 Å². The maximum Gasteiger partial charge on any atom is 0.0991 e. The number of nitrogens with zero attached hydrogens (tertiary/aromatic N) is 5. The fourth-order valence-electron chi connectivity index (χ4n) is 7.18. The number of nitriles is 2. The van der Waals surface area contributed by atoms with Crippen LogP contribution in [-0.2, 0) is 0 Å². The molecule has 222 valence electrons. The molecule has 3 heterocycles. The lowest BCUT2D eigenvalue weighted by atomic mass is 9.98. The number of hydrogen-bond acceptors (Lipinski definition) is 3. The molecule has 5 nitrogen and oxygen atoms in total. The van der Waals surface area contributed by atoms with E-state index >= 15 is 0 Å². The van der Waals surface area contributed by atoms with Crippen LogP contribution in [0, 0.1) is 22.7 Å². The van der Waals surface area contributed by atoms with Gasteiger partial charge in [-0.3, -0.25) is 4.98 Å². The van der Waals surface area contributed by atoms with Crippen molar-refractivity contribution in [2.24, 2.45) is 0 Å². The van der Waals surface area contributed by atoms with Gasteiger partial charge in [0, 0.05) is 45.1 Å². The number of rotatable bonds is 4. The first-order valence-electron chi connectivity index (χ1n) is 15.7. The summed E-state index contributed by atoms with van der Waals surface area (Å²) in [6.07, 6.45) is 3.56. The van der Waals surface area contributed by atoms with Crippen LogP contribution in [0.15, 0.2) is 152 Å². The van der Waals surface area contributed by atoms with E-state index in [1.54, 1.807) is 12.4 Å². The molecular formula is C43H25N5. The lowest BCUT2D eigenvalue weighted by Crippen LogP contribution is -1.99. The van der Waals surface area contributed by atoms with Crippen LogP contribution in [0.25, 0.3) is 77.2 Å². The summed E-state index contributed by atoms with van der Waals surface area (Å²) in [5.74, 6) is 0. The third kappa shape index (κ3) is 4.13. The Morgan fingerprint density at radius 1 is 0.417 bits per heavy atom. The van der Waals surface area contributed by atoms with Gasteiger partial charge >= 0.3 is 0 Å². The van der Waals surface area contributed by atoms with E-state index < -0.39 is 0 Å². The molecular weight excluding hydrogens is 587 g/mol. The summed E-state index contributed by atoms with van der Waals surface area (Å²) in [5.41, 5.74) is 11.5. The second kappa shape index (κ2) is 10.8. The minimum absolute atomic E-state index is 0.601. The monoisotopic (exact) mass is 611 g/mol. The zero-order valence-corrected chi connectivity index (χ0v) is 25.7.